The molecule has 1 fully saturated rings. The zero-order valence-corrected chi connectivity index (χ0v) is 4.60. The van der Waals surface area contributed by atoms with Crippen LogP contribution >= 0.6 is 0 Å². The summed E-state index contributed by atoms with van der Waals surface area (Å²) in [5.74, 6) is -0.581. The summed E-state index contributed by atoms with van der Waals surface area (Å²) >= 11 is 0. The van der Waals surface area contributed by atoms with Gasteiger partial charge in [0.25, 0.3) is 0 Å². The first kappa shape index (κ1) is 5.44. The second-order valence-electron chi connectivity index (χ2n) is 1.89. The van der Waals surface area contributed by atoms with Crippen molar-refractivity contribution in [1.29, 1.82) is 0 Å². The third-order valence-corrected chi connectivity index (χ3v) is 1.24. The smallest absolute Gasteiger partial charge is 0.216 e. The Kier molecular flexibility index (Phi) is 1.13. The van der Waals surface area contributed by atoms with Gasteiger partial charge < -0.3 is 0 Å². The monoisotopic (exact) mass is 113 g/mol. The summed E-state index contributed by atoms with van der Waals surface area (Å²) in [6, 6.07) is -0.248. The van der Waals surface area contributed by atoms with Crippen molar-refractivity contribution in [2.24, 2.45) is 0 Å². The van der Waals surface area contributed by atoms with E-state index in [1.807, 2.05) is 0 Å². The van der Waals surface area contributed by atoms with E-state index >= 15 is 0 Å². The van der Waals surface area contributed by atoms with Crippen LogP contribution in [0.15, 0.2) is 0 Å². The van der Waals surface area contributed by atoms with Gasteiger partial charge in [0.2, 0.25) is 11.6 Å². The molecule has 1 rings (SSSR count). The van der Waals surface area contributed by atoms with Gasteiger partial charge in [-0.2, -0.15) is 0 Å². The number of ketones is 2. The van der Waals surface area contributed by atoms with Gasteiger partial charge in [-0.25, -0.2) is 0 Å². The molecule has 0 spiro atoms. The molecule has 8 heavy (non-hydrogen) atoms. The zero-order valence-electron chi connectivity index (χ0n) is 4.60. The van der Waals surface area contributed by atoms with Gasteiger partial charge in [-0.15, -0.1) is 0 Å². The summed E-state index contributed by atoms with van der Waals surface area (Å²) in [6.07, 6.45) is 0. The minimum Gasteiger partial charge on any atom is -0.300 e. The fourth-order valence-electron chi connectivity index (χ4n) is 0.667. The highest BCUT2D eigenvalue weighted by molar-refractivity contribution is 6.41. The number of hydrogen-bond acceptors (Lipinski definition) is 3. The second-order valence-corrected chi connectivity index (χ2v) is 1.89. The quantitative estimate of drug-likeness (QED) is 0.415. The number of hydrogen-bond donors (Lipinski definition) is 1. The standard InChI is InChI=1S/C5H7NO2/c1-3-5(8)4(7)2-6-3/h3,6H,2H2,1H3. The molecule has 0 aliphatic carbocycles. The number of carbonyl (C=O) groups is 2. The first-order chi connectivity index (χ1) is 3.72. The maximum atomic E-state index is 10.5. The van der Waals surface area contributed by atoms with Crippen molar-refractivity contribution < 1.29 is 9.59 Å². The topological polar surface area (TPSA) is 46.2 Å². The molecule has 3 heteroatoms. The average molecular weight is 113 g/mol. The van der Waals surface area contributed by atoms with Crippen molar-refractivity contribution in [3.63, 3.8) is 0 Å². The summed E-state index contributed by atoms with van der Waals surface area (Å²) in [7, 11) is 0. The molecular weight excluding hydrogens is 106 g/mol. The Bertz CT molecular complexity index is 141. The molecular formula is C5H7NO2. The van der Waals surface area contributed by atoms with Crippen LogP contribution in [-0.2, 0) is 9.59 Å². The van der Waals surface area contributed by atoms with E-state index in [0.717, 1.165) is 0 Å². The molecule has 1 atom stereocenters. The van der Waals surface area contributed by atoms with Crippen molar-refractivity contribution in [3.8, 4) is 0 Å². The molecule has 0 bridgehead atoms. The average Bonchev–Trinajstić information content (AvgIpc) is 1.98. The Morgan fingerprint density at radius 3 is 2.38 bits per heavy atom. The minimum atomic E-state index is -0.294. The number of carbonyl (C=O) groups excluding carboxylic acids is 2. The van der Waals surface area contributed by atoms with Gasteiger partial charge in [0.1, 0.15) is 0 Å². The third-order valence-electron chi connectivity index (χ3n) is 1.24. The fourth-order valence-corrected chi connectivity index (χ4v) is 0.667. The molecule has 0 radical (unpaired) electrons. The third kappa shape index (κ3) is 0.648. The van der Waals surface area contributed by atoms with E-state index in [9.17, 15) is 9.59 Å². The molecule has 0 aromatic heterocycles. The fraction of sp³-hybridized carbons (Fsp3) is 0.600. The van der Waals surface area contributed by atoms with Crippen LogP contribution in [0.3, 0.4) is 0 Å². The lowest BCUT2D eigenvalue weighted by Gasteiger charge is -1.92. The summed E-state index contributed by atoms with van der Waals surface area (Å²) in [5.41, 5.74) is 0. The number of nitrogens with one attached hydrogen (secondary N) is 1. The van der Waals surface area contributed by atoms with Gasteiger partial charge in [0, 0.05) is 0 Å². The highest BCUT2D eigenvalue weighted by atomic mass is 16.2. The first-order valence-electron chi connectivity index (χ1n) is 2.52. The normalized spacial score (nSPS) is 29.4. The number of Topliss-reactive ketones (excluding diaryl/α,β-unsaturated/α-hetero) is 2. The number of rotatable bonds is 0. The predicted molar refractivity (Wildman–Crippen MR) is 27.5 cm³/mol. The van der Waals surface area contributed by atoms with Crippen molar-refractivity contribution >= 4 is 11.6 Å². The molecule has 3 nitrogen and oxygen atoms in total. The van der Waals surface area contributed by atoms with Gasteiger partial charge in [-0.05, 0) is 6.92 Å². The van der Waals surface area contributed by atoms with Gasteiger partial charge in [-0.1, -0.05) is 0 Å². The van der Waals surface area contributed by atoms with Gasteiger partial charge in [-0.3, -0.25) is 14.9 Å². The lowest BCUT2D eigenvalue weighted by atomic mass is 10.2. The Morgan fingerprint density at radius 1 is 1.62 bits per heavy atom. The Balaban J connectivity index is 2.71. The van der Waals surface area contributed by atoms with Crippen molar-refractivity contribution in [3.05, 3.63) is 0 Å². The molecule has 44 valence electrons. The molecule has 0 aromatic rings. The molecule has 0 amide bonds. The highest BCUT2D eigenvalue weighted by Gasteiger charge is 2.27. The predicted octanol–water partition coefficient (Wildman–Crippen LogP) is -0.884. The van der Waals surface area contributed by atoms with Crippen molar-refractivity contribution in [2.75, 3.05) is 6.54 Å². The SMILES string of the molecule is CC1NCC(=O)C1=O. The second kappa shape index (κ2) is 1.67. The van der Waals surface area contributed by atoms with Crippen LogP contribution in [0.1, 0.15) is 6.92 Å². The Labute approximate surface area is 47.1 Å². The highest BCUT2D eigenvalue weighted by Crippen LogP contribution is 1.93. The van der Waals surface area contributed by atoms with E-state index in [1.165, 1.54) is 0 Å². The van der Waals surface area contributed by atoms with Crippen LogP contribution in [-0.4, -0.2) is 24.2 Å². The molecule has 0 saturated carbocycles. The maximum Gasteiger partial charge on any atom is 0.216 e. The molecule has 1 aliphatic heterocycles. The largest absolute Gasteiger partial charge is 0.300 e. The summed E-state index contributed by atoms with van der Waals surface area (Å²) in [6.45, 7) is 1.91. The Hall–Kier alpha value is -0.700. The molecule has 1 heterocycles. The maximum absolute atomic E-state index is 10.5. The van der Waals surface area contributed by atoms with Crippen molar-refractivity contribution in [2.45, 2.75) is 13.0 Å². The molecule has 0 aromatic carbocycles. The summed E-state index contributed by atoms with van der Waals surface area (Å²) < 4.78 is 0. The van der Waals surface area contributed by atoms with Crippen LogP contribution < -0.4 is 5.32 Å². The van der Waals surface area contributed by atoms with E-state index in [1.54, 1.807) is 6.92 Å². The van der Waals surface area contributed by atoms with Crippen LogP contribution in [0.5, 0.6) is 0 Å². The van der Waals surface area contributed by atoms with E-state index in [-0.39, 0.29) is 24.2 Å². The molecule has 1 saturated heterocycles. The van der Waals surface area contributed by atoms with Gasteiger partial charge in [0.05, 0.1) is 12.6 Å². The minimum absolute atomic E-state index is 0.222. The zero-order chi connectivity index (χ0) is 6.15. The van der Waals surface area contributed by atoms with Crippen LogP contribution in [0.25, 0.3) is 0 Å². The van der Waals surface area contributed by atoms with E-state index in [0.29, 0.717) is 0 Å². The summed E-state index contributed by atoms with van der Waals surface area (Å²) in [4.78, 5) is 20.9. The summed E-state index contributed by atoms with van der Waals surface area (Å²) in [5, 5.41) is 2.72. The van der Waals surface area contributed by atoms with E-state index < -0.39 is 0 Å². The molecule has 1 N–H and O–H groups in total. The van der Waals surface area contributed by atoms with Gasteiger partial charge >= 0.3 is 0 Å². The van der Waals surface area contributed by atoms with Crippen LogP contribution in [0, 0.1) is 0 Å². The Morgan fingerprint density at radius 2 is 2.25 bits per heavy atom. The lowest BCUT2D eigenvalue weighted by molar-refractivity contribution is -0.133. The van der Waals surface area contributed by atoms with Gasteiger partial charge in [0.15, 0.2) is 0 Å². The molecule has 1 unspecified atom stereocenters. The van der Waals surface area contributed by atoms with E-state index in [2.05, 4.69) is 5.32 Å². The lowest BCUT2D eigenvalue weighted by Crippen LogP contribution is -2.22. The van der Waals surface area contributed by atoms with Crippen LogP contribution in [0.4, 0.5) is 0 Å². The first-order valence-corrected chi connectivity index (χ1v) is 2.52. The van der Waals surface area contributed by atoms with E-state index in [4.69, 9.17) is 0 Å². The van der Waals surface area contributed by atoms with Crippen molar-refractivity contribution in [1.82, 2.24) is 5.32 Å². The van der Waals surface area contributed by atoms with Crippen LogP contribution in [0.2, 0.25) is 0 Å². The molecule has 1 aliphatic rings.